The molecule has 0 fully saturated rings. The van der Waals surface area contributed by atoms with Crippen molar-refractivity contribution in [2.45, 2.75) is 6.54 Å². The molecule has 21 heavy (non-hydrogen) atoms. The fourth-order valence-corrected chi connectivity index (χ4v) is 1.88. The highest BCUT2D eigenvalue weighted by atomic mass is 16.2. The molecule has 0 bridgehead atoms. The second-order valence-corrected chi connectivity index (χ2v) is 4.41. The third kappa shape index (κ3) is 2.50. The number of aromatic nitrogens is 5. The van der Waals surface area contributed by atoms with Crippen molar-refractivity contribution in [1.82, 2.24) is 29.7 Å². The first-order valence-electron chi connectivity index (χ1n) is 6.26. The smallest absolute Gasteiger partial charge is 0.272 e. The Hall–Kier alpha value is -3.03. The molecule has 1 amide bonds. The Balaban J connectivity index is 1.76. The van der Waals surface area contributed by atoms with Gasteiger partial charge in [-0.15, -0.1) is 10.2 Å². The summed E-state index contributed by atoms with van der Waals surface area (Å²) in [6.07, 6.45) is 1.82. The number of nitrogens with zero attached hydrogens (tertiary/aromatic N) is 5. The summed E-state index contributed by atoms with van der Waals surface area (Å²) in [7, 11) is 1.49. The lowest BCUT2D eigenvalue weighted by Crippen LogP contribution is -2.28. The normalized spacial score (nSPS) is 10.7. The molecule has 0 aliphatic carbocycles. The minimum Gasteiger partial charge on any atom is -0.343 e. The Morgan fingerprint density at radius 2 is 2.10 bits per heavy atom. The standard InChI is InChI=1S/C13H12N6O2/c1-18-12(20)6-5-9(17-18)13(21)14-8-11-16-15-10-4-2-3-7-19(10)11/h2-7H,8H2,1H3,(H,14,21). The van der Waals surface area contributed by atoms with E-state index >= 15 is 0 Å². The summed E-state index contributed by atoms with van der Waals surface area (Å²) in [6, 6.07) is 8.23. The number of nitrogens with one attached hydrogen (secondary N) is 1. The summed E-state index contributed by atoms with van der Waals surface area (Å²) in [5, 5.41) is 14.6. The van der Waals surface area contributed by atoms with Crippen LogP contribution in [0.3, 0.4) is 0 Å². The molecule has 1 N–H and O–H groups in total. The maximum Gasteiger partial charge on any atom is 0.272 e. The molecule has 0 radical (unpaired) electrons. The van der Waals surface area contributed by atoms with E-state index in [1.54, 1.807) is 4.40 Å². The first-order valence-corrected chi connectivity index (χ1v) is 6.26. The summed E-state index contributed by atoms with van der Waals surface area (Å²) in [5.41, 5.74) is 0.614. The van der Waals surface area contributed by atoms with Gasteiger partial charge in [-0.25, -0.2) is 4.68 Å². The van der Waals surface area contributed by atoms with Crippen LogP contribution >= 0.6 is 0 Å². The summed E-state index contributed by atoms with van der Waals surface area (Å²) in [6.45, 7) is 0.217. The van der Waals surface area contributed by atoms with Crippen LogP contribution in [0, 0.1) is 0 Å². The Morgan fingerprint density at radius 1 is 1.24 bits per heavy atom. The number of aryl methyl sites for hydroxylation is 1. The average molecular weight is 284 g/mol. The van der Waals surface area contributed by atoms with E-state index in [2.05, 4.69) is 20.6 Å². The first-order chi connectivity index (χ1) is 10.1. The minimum absolute atomic E-state index is 0.172. The number of rotatable bonds is 3. The lowest BCUT2D eigenvalue weighted by atomic mass is 10.3. The van der Waals surface area contributed by atoms with Gasteiger partial charge < -0.3 is 5.32 Å². The zero-order chi connectivity index (χ0) is 14.8. The van der Waals surface area contributed by atoms with E-state index in [4.69, 9.17) is 0 Å². The summed E-state index contributed by atoms with van der Waals surface area (Å²) >= 11 is 0. The van der Waals surface area contributed by atoms with Gasteiger partial charge in [0.1, 0.15) is 5.69 Å². The van der Waals surface area contributed by atoms with Gasteiger partial charge in [-0.2, -0.15) is 5.10 Å². The highest BCUT2D eigenvalue weighted by Gasteiger charge is 2.10. The lowest BCUT2D eigenvalue weighted by Gasteiger charge is -2.04. The van der Waals surface area contributed by atoms with Crippen molar-refractivity contribution in [1.29, 1.82) is 0 Å². The van der Waals surface area contributed by atoms with E-state index in [1.807, 2.05) is 24.4 Å². The summed E-state index contributed by atoms with van der Waals surface area (Å²) < 4.78 is 2.90. The molecule has 3 aromatic heterocycles. The summed E-state index contributed by atoms with van der Waals surface area (Å²) in [4.78, 5) is 23.2. The molecule has 3 rings (SSSR count). The fourth-order valence-electron chi connectivity index (χ4n) is 1.88. The third-order valence-electron chi connectivity index (χ3n) is 2.98. The van der Waals surface area contributed by atoms with Crippen LogP contribution < -0.4 is 10.9 Å². The van der Waals surface area contributed by atoms with Crippen molar-refractivity contribution in [3.63, 3.8) is 0 Å². The molecule has 0 saturated heterocycles. The van der Waals surface area contributed by atoms with Gasteiger partial charge in [0.15, 0.2) is 11.5 Å². The van der Waals surface area contributed by atoms with Gasteiger partial charge in [-0.05, 0) is 18.2 Å². The largest absolute Gasteiger partial charge is 0.343 e. The van der Waals surface area contributed by atoms with Crippen LogP contribution in [0.5, 0.6) is 0 Å². The van der Waals surface area contributed by atoms with E-state index in [0.29, 0.717) is 11.5 Å². The lowest BCUT2D eigenvalue weighted by molar-refractivity contribution is 0.0942. The number of pyridine rings is 1. The van der Waals surface area contributed by atoms with Crippen LogP contribution in [0.2, 0.25) is 0 Å². The highest BCUT2D eigenvalue weighted by Crippen LogP contribution is 2.02. The SMILES string of the molecule is Cn1nc(C(=O)NCc2nnc3ccccn23)ccc1=O. The van der Waals surface area contributed by atoms with Crippen molar-refractivity contribution in [2.24, 2.45) is 7.05 Å². The van der Waals surface area contributed by atoms with E-state index in [-0.39, 0.29) is 23.7 Å². The molecule has 0 aromatic carbocycles. The van der Waals surface area contributed by atoms with Crippen LogP contribution in [-0.4, -0.2) is 30.3 Å². The fraction of sp³-hybridized carbons (Fsp3) is 0.154. The number of fused-ring (bicyclic) bond motifs is 1. The van der Waals surface area contributed by atoms with Gasteiger partial charge in [0, 0.05) is 19.3 Å². The van der Waals surface area contributed by atoms with Crippen LogP contribution in [0.25, 0.3) is 5.65 Å². The predicted molar refractivity (Wildman–Crippen MR) is 73.6 cm³/mol. The van der Waals surface area contributed by atoms with E-state index in [0.717, 1.165) is 4.68 Å². The molecule has 0 spiro atoms. The number of carbonyl (C=O) groups excluding carboxylic acids is 1. The summed E-state index contributed by atoms with van der Waals surface area (Å²) in [5.74, 6) is 0.238. The van der Waals surface area contributed by atoms with Gasteiger partial charge in [0.25, 0.3) is 11.5 Å². The molecule has 0 aliphatic heterocycles. The Morgan fingerprint density at radius 3 is 2.90 bits per heavy atom. The van der Waals surface area contributed by atoms with Gasteiger partial charge in [0.2, 0.25) is 0 Å². The second kappa shape index (κ2) is 5.16. The van der Waals surface area contributed by atoms with E-state index < -0.39 is 0 Å². The number of hydrogen-bond acceptors (Lipinski definition) is 5. The minimum atomic E-state index is -0.377. The van der Waals surface area contributed by atoms with Crippen molar-refractivity contribution in [3.8, 4) is 0 Å². The average Bonchev–Trinajstić information content (AvgIpc) is 2.91. The topological polar surface area (TPSA) is 94.2 Å². The Labute approximate surface area is 119 Å². The second-order valence-electron chi connectivity index (χ2n) is 4.41. The Bertz CT molecular complexity index is 866. The van der Waals surface area contributed by atoms with Crippen molar-refractivity contribution < 1.29 is 4.79 Å². The number of carbonyl (C=O) groups is 1. The molecule has 0 saturated carbocycles. The zero-order valence-electron chi connectivity index (χ0n) is 11.2. The number of amides is 1. The highest BCUT2D eigenvalue weighted by molar-refractivity contribution is 5.91. The molecule has 3 heterocycles. The molecule has 8 heteroatoms. The predicted octanol–water partition coefficient (Wildman–Crippen LogP) is -0.247. The van der Waals surface area contributed by atoms with Gasteiger partial charge >= 0.3 is 0 Å². The van der Waals surface area contributed by atoms with Gasteiger partial charge in [-0.1, -0.05) is 6.07 Å². The van der Waals surface area contributed by atoms with Crippen LogP contribution in [0.4, 0.5) is 0 Å². The van der Waals surface area contributed by atoms with Crippen molar-refractivity contribution in [2.75, 3.05) is 0 Å². The molecule has 3 aromatic rings. The maximum atomic E-state index is 12.0. The van der Waals surface area contributed by atoms with E-state index in [1.165, 1.54) is 19.2 Å². The van der Waals surface area contributed by atoms with Crippen LogP contribution in [-0.2, 0) is 13.6 Å². The van der Waals surface area contributed by atoms with E-state index in [9.17, 15) is 9.59 Å². The van der Waals surface area contributed by atoms with Gasteiger partial charge in [0.05, 0.1) is 6.54 Å². The van der Waals surface area contributed by atoms with Crippen molar-refractivity contribution in [3.05, 3.63) is 58.4 Å². The van der Waals surface area contributed by atoms with Crippen molar-refractivity contribution >= 4 is 11.6 Å². The maximum absolute atomic E-state index is 12.0. The third-order valence-corrected chi connectivity index (χ3v) is 2.98. The molecular weight excluding hydrogens is 272 g/mol. The first kappa shape index (κ1) is 13.0. The Kier molecular flexibility index (Phi) is 3.19. The zero-order valence-corrected chi connectivity index (χ0v) is 11.2. The quantitative estimate of drug-likeness (QED) is 0.716. The molecule has 0 aliphatic rings. The van der Waals surface area contributed by atoms with Gasteiger partial charge in [-0.3, -0.25) is 14.0 Å². The molecule has 0 unspecified atom stereocenters. The monoisotopic (exact) mass is 284 g/mol. The van der Waals surface area contributed by atoms with Crippen LogP contribution in [0.1, 0.15) is 16.3 Å². The molecular formula is C13H12N6O2. The van der Waals surface area contributed by atoms with Crippen LogP contribution in [0.15, 0.2) is 41.3 Å². The molecule has 106 valence electrons. The molecule has 8 nitrogen and oxygen atoms in total. The number of hydrogen-bond donors (Lipinski definition) is 1. The molecule has 0 atom stereocenters.